The smallest absolute Gasteiger partial charge is 0.274 e. The highest BCUT2D eigenvalue weighted by Crippen LogP contribution is 2.60. The molecule has 7 rings (SSSR count). The number of hydrogen-bond acceptors (Lipinski definition) is 5. The van der Waals surface area contributed by atoms with Gasteiger partial charge < -0.3 is 5.32 Å². The maximum Gasteiger partial charge on any atom is 0.274 e. The topological polar surface area (TPSA) is 76.9 Å². The Labute approximate surface area is 184 Å². The first-order valence-corrected chi connectivity index (χ1v) is 12.1. The summed E-state index contributed by atoms with van der Waals surface area (Å²) in [5, 5.41) is 11.5. The van der Waals surface area contributed by atoms with Crippen molar-refractivity contribution in [1.29, 1.82) is 0 Å². The second kappa shape index (κ2) is 6.99. The largest absolute Gasteiger partial charge is 0.302 e. The monoisotopic (exact) mass is 434 g/mol. The quantitative estimate of drug-likeness (QED) is 0.672. The second-order valence-corrected chi connectivity index (χ2v) is 10.7. The predicted molar refractivity (Wildman–Crippen MR) is 121 cm³/mol. The van der Waals surface area contributed by atoms with Crippen molar-refractivity contribution in [1.82, 2.24) is 14.8 Å². The molecule has 1 amide bonds. The van der Waals surface area contributed by atoms with Gasteiger partial charge in [0, 0.05) is 23.2 Å². The van der Waals surface area contributed by atoms with Gasteiger partial charge in [0.25, 0.3) is 5.56 Å². The Balaban J connectivity index is 1.22. The van der Waals surface area contributed by atoms with Gasteiger partial charge in [0.15, 0.2) is 5.13 Å². The molecule has 6 nitrogen and oxygen atoms in total. The van der Waals surface area contributed by atoms with E-state index in [0.29, 0.717) is 16.2 Å². The van der Waals surface area contributed by atoms with Gasteiger partial charge in [-0.25, -0.2) is 9.67 Å². The van der Waals surface area contributed by atoms with Gasteiger partial charge >= 0.3 is 0 Å². The van der Waals surface area contributed by atoms with Crippen LogP contribution >= 0.6 is 11.3 Å². The molecule has 7 heteroatoms. The standard InChI is InChI=1S/C24H26N4O2S/c1-28-22(30)18-5-3-2-4-17(18)19(27-28)9-21(29)26-23-25-20(13-31-23)24-10-14-6-15(11-24)8-16(7-14)12-24/h2-5,13-16H,6-12H2,1H3,(H,25,26,29). The molecule has 1 aromatic carbocycles. The van der Waals surface area contributed by atoms with Crippen LogP contribution in [-0.4, -0.2) is 20.7 Å². The van der Waals surface area contributed by atoms with E-state index in [4.69, 9.17) is 4.98 Å². The number of aryl methyl sites for hydroxylation is 1. The van der Waals surface area contributed by atoms with Crippen molar-refractivity contribution in [2.24, 2.45) is 24.8 Å². The van der Waals surface area contributed by atoms with Gasteiger partial charge in [0.05, 0.1) is 23.2 Å². The van der Waals surface area contributed by atoms with Gasteiger partial charge in [-0.05, 0) is 62.3 Å². The number of carbonyl (C=O) groups excluding carboxylic acids is 1. The van der Waals surface area contributed by atoms with Gasteiger partial charge in [0.2, 0.25) is 5.91 Å². The SMILES string of the molecule is Cn1nc(CC(=O)Nc2nc(C34CC5CC(CC(C5)C3)C4)cs2)c2ccccc2c1=O. The summed E-state index contributed by atoms with van der Waals surface area (Å²) >= 11 is 1.53. The summed E-state index contributed by atoms with van der Waals surface area (Å²) < 4.78 is 1.31. The van der Waals surface area contributed by atoms with Gasteiger partial charge in [0.1, 0.15) is 0 Å². The van der Waals surface area contributed by atoms with Gasteiger partial charge in [-0.2, -0.15) is 5.10 Å². The molecule has 4 saturated carbocycles. The molecule has 0 radical (unpaired) electrons. The predicted octanol–water partition coefficient (Wildman–Crippen LogP) is 4.04. The van der Waals surface area contributed by atoms with E-state index in [0.717, 1.165) is 23.1 Å². The number of thiazole rings is 1. The van der Waals surface area contributed by atoms with Crippen LogP contribution in [0.1, 0.15) is 49.9 Å². The molecule has 0 saturated heterocycles. The zero-order valence-corrected chi connectivity index (χ0v) is 18.5. The van der Waals surface area contributed by atoms with Crippen LogP contribution in [0.25, 0.3) is 10.8 Å². The number of carbonyl (C=O) groups is 1. The van der Waals surface area contributed by atoms with Crippen molar-refractivity contribution in [2.75, 3.05) is 5.32 Å². The second-order valence-electron chi connectivity index (χ2n) is 9.88. The van der Waals surface area contributed by atoms with E-state index in [1.807, 2.05) is 18.2 Å². The van der Waals surface area contributed by atoms with E-state index in [1.165, 1.54) is 60.2 Å². The Morgan fingerprint density at radius 1 is 1.13 bits per heavy atom. The van der Waals surface area contributed by atoms with Crippen LogP contribution in [0.3, 0.4) is 0 Å². The number of anilines is 1. The summed E-state index contributed by atoms with van der Waals surface area (Å²) in [6, 6.07) is 7.32. The molecule has 0 aliphatic heterocycles. The van der Waals surface area contributed by atoms with Crippen molar-refractivity contribution in [3.63, 3.8) is 0 Å². The van der Waals surface area contributed by atoms with Crippen molar-refractivity contribution < 1.29 is 4.79 Å². The molecule has 0 atom stereocenters. The lowest BCUT2D eigenvalue weighted by Gasteiger charge is -2.56. The molecule has 0 spiro atoms. The minimum Gasteiger partial charge on any atom is -0.302 e. The Morgan fingerprint density at radius 2 is 1.77 bits per heavy atom. The van der Waals surface area contributed by atoms with E-state index >= 15 is 0 Å². The third-order valence-corrected chi connectivity index (χ3v) is 8.45. The van der Waals surface area contributed by atoms with Crippen LogP contribution in [0, 0.1) is 17.8 Å². The molecule has 1 N–H and O–H groups in total. The van der Waals surface area contributed by atoms with Crippen LogP contribution < -0.4 is 10.9 Å². The summed E-state index contributed by atoms with van der Waals surface area (Å²) in [6.45, 7) is 0. The zero-order chi connectivity index (χ0) is 21.2. The molecule has 0 unspecified atom stereocenters. The van der Waals surface area contributed by atoms with Crippen molar-refractivity contribution in [3.8, 4) is 0 Å². The average Bonchev–Trinajstić information content (AvgIpc) is 3.20. The Kier molecular flexibility index (Phi) is 4.32. The third-order valence-electron chi connectivity index (χ3n) is 7.69. The van der Waals surface area contributed by atoms with Gasteiger partial charge in [-0.3, -0.25) is 9.59 Å². The molecule has 160 valence electrons. The van der Waals surface area contributed by atoms with Gasteiger partial charge in [-0.1, -0.05) is 18.2 Å². The van der Waals surface area contributed by atoms with Crippen LogP contribution in [0.2, 0.25) is 0 Å². The fourth-order valence-electron chi connectivity index (χ4n) is 6.82. The first kappa shape index (κ1) is 19.2. The number of hydrogen-bond donors (Lipinski definition) is 1. The number of aromatic nitrogens is 3. The lowest BCUT2D eigenvalue weighted by molar-refractivity contribution is -0.115. The first-order chi connectivity index (χ1) is 15.0. The number of rotatable bonds is 4. The van der Waals surface area contributed by atoms with E-state index in [9.17, 15) is 9.59 Å². The molecule has 3 aromatic rings. The van der Waals surface area contributed by atoms with E-state index in [2.05, 4.69) is 15.8 Å². The fourth-order valence-corrected chi connectivity index (χ4v) is 7.67. The normalized spacial score (nSPS) is 28.9. The third kappa shape index (κ3) is 3.21. The van der Waals surface area contributed by atoms with Crippen LogP contribution in [0.15, 0.2) is 34.4 Å². The Morgan fingerprint density at radius 3 is 2.45 bits per heavy atom. The zero-order valence-electron chi connectivity index (χ0n) is 17.6. The Bertz CT molecular complexity index is 1210. The van der Waals surface area contributed by atoms with Crippen LogP contribution in [-0.2, 0) is 23.7 Å². The minimum atomic E-state index is -0.153. The summed E-state index contributed by atoms with van der Waals surface area (Å²) in [7, 11) is 1.62. The van der Waals surface area contributed by atoms with E-state index in [1.54, 1.807) is 13.1 Å². The molecule has 4 bridgehead atoms. The molecular weight excluding hydrogens is 408 g/mol. The highest BCUT2D eigenvalue weighted by molar-refractivity contribution is 7.13. The minimum absolute atomic E-state index is 0.112. The lowest BCUT2D eigenvalue weighted by Crippen LogP contribution is -2.48. The van der Waals surface area contributed by atoms with Crippen LogP contribution in [0.5, 0.6) is 0 Å². The molecule has 4 aliphatic carbocycles. The Hall–Kier alpha value is -2.54. The molecule has 4 fully saturated rings. The summed E-state index contributed by atoms with van der Waals surface area (Å²) in [5.74, 6) is 2.46. The first-order valence-electron chi connectivity index (χ1n) is 11.2. The number of fused-ring (bicyclic) bond motifs is 1. The maximum absolute atomic E-state index is 12.8. The average molecular weight is 435 g/mol. The summed E-state index contributed by atoms with van der Waals surface area (Å²) in [5.41, 5.74) is 1.88. The molecule has 2 heterocycles. The highest BCUT2D eigenvalue weighted by Gasteiger charge is 2.52. The fraction of sp³-hybridized carbons (Fsp3) is 0.500. The van der Waals surface area contributed by atoms with Gasteiger partial charge in [-0.15, -0.1) is 11.3 Å². The maximum atomic E-state index is 12.8. The van der Waals surface area contributed by atoms with E-state index < -0.39 is 0 Å². The lowest BCUT2D eigenvalue weighted by atomic mass is 9.49. The summed E-state index contributed by atoms with van der Waals surface area (Å²) in [4.78, 5) is 30.0. The van der Waals surface area contributed by atoms with Crippen LogP contribution in [0.4, 0.5) is 5.13 Å². The van der Waals surface area contributed by atoms with Crippen molar-refractivity contribution >= 4 is 33.1 Å². The number of nitrogens with zero attached hydrogens (tertiary/aromatic N) is 3. The summed E-state index contributed by atoms with van der Waals surface area (Å²) in [6.07, 6.45) is 8.15. The molecule has 2 aromatic heterocycles. The molecule has 31 heavy (non-hydrogen) atoms. The molecular formula is C24H26N4O2S. The van der Waals surface area contributed by atoms with Crippen molar-refractivity contribution in [3.05, 3.63) is 51.4 Å². The molecule has 4 aliphatic rings. The number of benzene rings is 1. The number of amides is 1. The highest BCUT2D eigenvalue weighted by atomic mass is 32.1. The van der Waals surface area contributed by atoms with Crippen molar-refractivity contribution in [2.45, 2.75) is 50.4 Å². The number of nitrogens with one attached hydrogen (secondary N) is 1. The van der Waals surface area contributed by atoms with E-state index in [-0.39, 0.29) is 23.3 Å².